The summed E-state index contributed by atoms with van der Waals surface area (Å²) in [6.45, 7) is 4.97. The Bertz CT molecular complexity index is 319. The Morgan fingerprint density at radius 3 is 0.652 bits per heavy atom. The molecule has 23 heavy (non-hydrogen) atoms. The molecule has 9 nitrogen and oxygen atoms in total. The molecule has 0 aliphatic heterocycles. The first kappa shape index (κ1) is 35.6. The van der Waals surface area contributed by atoms with Gasteiger partial charge in [0.15, 0.2) is 0 Å². The molecule has 0 aliphatic carbocycles. The fourth-order valence-corrected chi connectivity index (χ4v) is 2.46. The molecule has 0 spiro atoms. The molecule has 0 bridgehead atoms. The van der Waals surface area contributed by atoms with Crippen LogP contribution in [0, 0.1) is 0 Å². The third-order valence-electron chi connectivity index (χ3n) is 1.49. The Kier molecular flexibility index (Phi) is 28.3. The van der Waals surface area contributed by atoms with Gasteiger partial charge in [-0.25, -0.2) is 0 Å². The van der Waals surface area contributed by atoms with E-state index in [1.54, 1.807) is 20.8 Å². The smallest absolute Gasteiger partial charge is 0.811 e. The maximum absolute atomic E-state index is 9.70. The van der Waals surface area contributed by atoms with Crippen molar-refractivity contribution < 1.29 is 43.1 Å². The van der Waals surface area contributed by atoms with E-state index in [4.69, 9.17) is 0 Å². The molecule has 14 heteroatoms. The minimum Gasteiger partial charge on any atom is -0.811 e. The van der Waals surface area contributed by atoms with E-state index in [0.717, 1.165) is 0 Å². The largest absolute Gasteiger partial charge is 3.00 e. The predicted octanol–water partition coefficient (Wildman–Crippen LogP) is -2.83. The first-order valence-corrected chi connectivity index (χ1v) is 11.4. The van der Waals surface area contributed by atoms with E-state index in [-0.39, 0.29) is 53.2 Å². The number of rotatable bonds is 6. The van der Waals surface area contributed by atoms with Crippen LogP contribution in [0.25, 0.3) is 0 Å². The van der Waals surface area contributed by atoms with Crippen LogP contribution in [0.1, 0.15) is 40.0 Å². The Balaban J connectivity index is -0.0000000675. The molecular formula is C9H21Al2O9P3. The maximum atomic E-state index is 9.70. The molecule has 0 aromatic carbocycles. The Labute approximate surface area is 159 Å². The van der Waals surface area contributed by atoms with Gasteiger partial charge in [0.2, 0.25) is 0 Å². The fraction of sp³-hybridized carbons (Fsp3) is 1.00. The van der Waals surface area contributed by atoms with Crippen LogP contribution in [0.5, 0.6) is 0 Å². The van der Waals surface area contributed by atoms with Crippen molar-refractivity contribution >= 4 is 57.5 Å². The van der Waals surface area contributed by atoms with Crippen LogP contribution in [-0.2, 0) is 13.7 Å². The molecule has 0 atom stereocenters. The van der Waals surface area contributed by atoms with Gasteiger partial charge in [-0.3, -0.25) is 0 Å². The quantitative estimate of drug-likeness (QED) is 0.322. The van der Waals surface area contributed by atoms with Crippen LogP contribution in [0.3, 0.4) is 0 Å². The van der Waals surface area contributed by atoms with Gasteiger partial charge < -0.3 is 43.1 Å². The molecule has 0 radical (unpaired) electrons. The van der Waals surface area contributed by atoms with Crippen LogP contribution >= 0.6 is 22.8 Å². The van der Waals surface area contributed by atoms with Gasteiger partial charge in [0.05, 0.1) is 0 Å². The summed E-state index contributed by atoms with van der Waals surface area (Å²) >= 11 is 0. The molecule has 0 saturated carbocycles. The van der Waals surface area contributed by atoms with Crippen LogP contribution in [0.4, 0.5) is 0 Å². The average Bonchev–Trinajstić information content (AvgIpc) is 2.12. The second kappa shape index (κ2) is 18.3. The molecule has 132 valence electrons. The van der Waals surface area contributed by atoms with Crippen LogP contribution in [-0.4, -0.2) is 53.2 Å². The van der Waals surface area contributed by atoms with E-state index < -0.39 is 22.8 Å². The van der Waals surface area contributed by atoms with Crippen molar-refractivity contribution in [1.29, 1.82) is 0 Å². The van der Waals surface area contributed by atoms with Crippen molar-refractivity contribution in [2.24, 2.45) is 0 Å². The normalized spacial score (nSPS) is 10.8. The van der Waals surface area contributed by atoms with Gasteiger partial charge in [0.1, 0.15) is 0 Å². The molecule has 0 heterocycles. The van der Waals surface area contributed by atoms with E-state index in [9.17, 15) is 43.1 Å². The molecule has 0 fully saturated rings. The molecule has 0 aromatic rings. The van der Waals surface area contributed by atoms with Gasteiger partial charge >= 0.3 is 34.7 Å². The van der Waals surface area contributed by atoms with Crippen molar-refractivity contribution in [1.82, 2.24) is 0 Å². The van der Waals surface area contributed by atoms with E-state index in [1.807, 2.05) is 0 Å². The fourth-order valence-electron chi connectivity index (χ4n) is 0.822. The Hall–Kier alpha value is 1.51. The van der Waals surface area contributed by atoms with Gasteiger partial charge in [0.25, 0.3) is 0 Å². The van der Waals surface area contributed by atoms with E-state index >= 15 is 0 Å². The first-order valence-electron chi connectivity index (χ1n) is 6.21. The Morgan fingerprint density at radius 2 is 0.652 bits per heavy atom. The van der Waals surface area contributed by atoms with E-state index in [0.29, 0.717) is 19.3 Å². The van der Waals surface area contributed by atoms with Gasteiger partial charge in [0, 0.05) is 0 Å². The summed E-state index contributed by atoms with van der Waals surface area (Å²) in [6.07, 6.45) is 0.617. The third kappa shape index (κ3) is 59.6. The third-order valence-corrected chi connectivity index (χ3v) is 4.48. The van der Waals surface area contributed by atoms with Crippen molar-refractivity contribution in [3.05, 3.63) is 0 Å². The van der Waals surface area contributed by atoms with Crippen molar-refractivity contribution in [3.8, 4) is 0 Å². The van der Waals surface area contributed by atoms with Gasteiger partial charge in [-0.2, -0.15) is 0 Å². The van der Waals surface area contributed by atoms with E-state index in [2.05, 4.69) is 0 Å². The standard InChI is InChI=1S/3C3H9O3P.2Al/c3*1-2-3-7(4,5)6;;/h3*2-3H2,1H3,(H2,4,5,6);;/q;;;2*+3/p-6. The zero-order valence-corrected chi connectivity index (χ0v) is 18.4. The van der Waals surface area contributed by atoms with E-state index in [1.165, 1.54) is 0 Å². The molecule has 0 unspecified atom stereocenters. The summed E-state index contributed by atoms with van der Waals surface area (Å²) < 4.78 is 29.1. The van der Waals surface area contributed by atoms with Gasteiger partial charge in [-0.05, 0) is 18.5 Å². The van der Waals surface area contributed by atoms with Crippen molar-refractivity contribution in [2.45, 2.75) is 40.0 Å². The van der Waals surface area contributed by atoms with Crippen molar-refractivity contribution in [3.63, 3.8) is 0 Å². The summed E-state index contributed by atoms with van der Waals surface area (Å²) in [4.78, 5) is 58.2. The van der Waals surface area contributed by atoms with Crippen molar-refractivity contribution in [2.75, 3.05) is 18.5 Å². The second-order valence-corrected chi connectivity index (χ2v) is 9.01. The summed E-state index contributed by atoms with van der Waals surface area (Å²) in [5.41, 5.74) is 0. The van der Waals surface area contributed by atoms with Crippen LogP contribution in [0.2, 0.25) is 0 Å². The van der Waals surface area contributed by atoms with Crippen LogP contribution in [0.15, 0.2) is 0 Å². The Morgan fingerprint density at radius 1 is 0.522 bits per heavy atom. The zero-order chi connectivity index (χ0) is 17.7. The number of hydrogen-bond donors (Lipinski definition) is 0. The molecular weight excluding hydrogens is 399 g/mol. The molecule has 0 saturated heterocycles. The zero-order valence-electron chi connectivity index (χ0n) is 13.4. The molecule has 0 rings (SSSR count). The summed E-state index contributed by atoms with van der Waals surface area (Å²) in [5, 5.41) is 0. The van der Waals surface area contributed by atoms with Gasteiger partial charge in [-0.1, -0.05) is 62.8 Å². The minimum absolute atomic E-state index is 0. The molecule has 0 aromatic heterocycles. The topological polar surface area (TPSA) is 190 Å². The summed E-state index contributed by atoms with van der Waals surface area (Å²) in [5.74, 6) is 0. The average molecular weight is 420 g/mol. The minimum atomic E-state index is -4.17. The first-order chi connectivity index (χ1) is 9.18. The summed E-state index contributed by atoms with van der Waals surface area (Å²) in [7, 11) is -12.5. The van der Waals surface area contributed by atoms with Crippen LogP contribution < -0.4 is 29.4 Å². The molecule has 0 amide bonds. The second-order valence-electron chi connectivity index (χ2n) is 4.00. The number of hydrogen-bond acceptors (Lipinski definition) is 9. The maximum Gasteiger partial charge on any atom is 3.00 e. The molecule has 0 N–H and O–H groups in total. The van der Waals surface area contributed by atoms with Gasteiger partial charge in [-0.15, -0.1) is 0 Å². The molecule has 0 aliphatic rings. The SMILES string of the molecule is CCCP(=O)([O-])[O-].CCCP(=O)([O-])[O-].CCCP(=O)([O-])[O-].[Al+3].[Al+3]. The predicted molar refractivity (Wildman–Crippen MR) is 79.8 cm³/mol. The monoisotopic (exact) mass is 420 g/mol. The summed E-state index contributed by atoms with van der Waals surface area (Å²) in [6, 6.07) is 0.